The van der Waals surface area contributed by atoms with E-state index < -0.39 is 23.8 Å². The number of hydrogen-bond acceptors (Lipinski definition) is 3. The summed E-state index contributed by atoms with van der Waals surface area (Å²) in [5, 5.41) is 8.96. The molecule has 1 unspecified atom stereocenters. The van der Waals surface area contributed by atoms with E-state index in [1.165, 1.54) is 12.1 Å². The minimum Gasteiger partial charge on any atom is -0.478 e. The van der Waals surface area contributed by atoms with Crippen molar-refractivity contribution in [3.05, 3.63) is 29.6 Å². The number of benzene rings is 1. The lowest BCUT2D eigenvalue weighted by Crippen LogP contribution is -2.29. The highest BCUT2D eigenvalue weighted by Crippen LogP contribution is 2.35. The Balaban J connectivity index is 2.16. The molecule has 3 N–H and O–H groups in total. The second kappa shape index (κ2) is 4.64. The third-order valence-electron chi connectivity index (χ3n) is 2.76. The average Bonchev–Trinajstić information content (AvgIpc) is 3.08. The van der Waals surface area contributed by atoms with E-state index in [1.807, 2.05) is 0 Å². The van der Waals surface area contributed by atoms with Crippen molar-refractivity contribution < 1.29 is 23.8 Å². The molecule has 5 nitrogen and oxygen atoms in total. The lowest BCUT2D eigenvalue weighted by Gasteiger charge is -2.14. The first-order valence-corrected chi connectivity index (χ1v) is 5.48. The van der Waals surface area contributed by atoms with Crippen LogP contribution in [0, 0.1) is 11.7 Å². The Morgan fingerprint density at radius 2 is 2.11 bits per heavy atom. The SMILES string of the molecule is NC(=O)c1ccc(OC(C(=O)O)C2CC2)cc1F. The maximum Gasteiger partial charge on any atom is 0.345 e. The minimum absolute atomic E-state index is 0.0265. The van der Waals surface area contributed by atoms with Gasteiger partial charge in [0.15, 0.2) is 6.10 Å². The number of hydrogen-bond donors (Lipinski definition) is 2. The van der Waals surface area contributed by atoms with Crippen molar-refractivity contribution in [3.8, 4) is 5.75 Å². The number of carboxylic acids is 1. The summed E-state index contributed by atoms with van der Waals surface area (Å²) >= 11 is 0. The van der Waals surface area contributed by atoms with E-state index in [2.05, 4.69) is 0 Å². The van der Waals surface area contributed by atoms with Gasteiger partial charge in [-0.3, -0.25) is 4.79 Å². The van der Waals surface area contributed by atoms with Gasteiger partial charge in [-0.15, -0.1) is 0 Å². The first kappa shape index (κ1) is 12.3. The molecule has 1 fully saturated rings. The number of amides is 1. The fraction of sp³-hybridized carbons (Fsp3) is 0.333. The van der Waals surface area contributed by atoms with Crippen LogP contribution in [0.1, 0.15) is 23.2 Å². The van der Waals surface area contributed by atoms with Crippen LogP contribution in [0.15, 0.2) is 18.2 Å². The third kappa shape index (κ3) is 2.58. The van der Waals surface area contributed by atoms with Gasteiger partial charge in [-0.25, -0.2) is 9.18 Å². The number of carboxylic acid groups (broad SMARTS) is 1. The summed E-state index contributed by atoms with van der Waals surface area (Å²) in [5.74, 6) is -2.72. The first-order chi connectivity index (χ1) is 8.49. The number of ether oxygens (including phenoxy) is 1. The fourth-order valence-electron chi connectivity index (χ4n) is 1.66. The zero-order chi connectivity index (χ0) is 13.3. The van der Waals surface area contributed by atoms with E-state index in [0.29, 0.717) is 0 Å². The molecule has 1 saturated carbocycles. The average molecular weight is 253 g/mol. The standard InChI is InChI=1S/C12H12FNO4/c13-9-5-7(3-4-8(9)11(14)15)18-10(12(16)17)6-1-2-6/h3-6,10H,1-2H2,(H2,14,15)(H,16,17). The summed E-state index contributed by atoms with van der Waals surface area (Å²) in [7, 11) is 0. The summed E-state index contributed by atoms with van der Waals surface area (Å²) < 4.78 is 18.7. The van der Waals surface area contributed by atoms with Gasteiger partial charge in [-0.2, -0.15) is 0 Å². The van der Waals surface area contributed by atoms with Crippen molar-refractivity contribution in [1.82, 2.24) is 0 Å². The monoisotopic (exact) mass is 253 g/mol. The zero-order valence-electron chi connectivity index (χ0n) is 9.43. The lowest BCUT2D eigenvalue weighted by molar-refractivity contribution is -0.146. The van der Waals surface area contributed by atoms with Crippen LogP contribution in [-0.2, 0) is 4.79 Å². The van der Waals surface area contributed by atoms with E-state index in [9.17, 15) is 14.0 Å². The van der Waals surface area contributed by atoms with Crippen molar-refractivity contribution in [3.63, 3.8) is 0 Å². The van der Waals surface area contributed by atoms with Gasteiger partial charge in [-0.1, -0.05) is 0 Å². The molecule has 1 atom stereocenters. The summed E-state index contributed by atoms with van der Waals surface area (Å²) in [6, 6.07) is 3.48. The number of aliphatic carboxylic acids is 1. The van der Waals surface area contributed by atoms with Crippen LogP contribution in [0.5, 0.6) is 5.75 Å². The Kier molecular flexibility index (Phi) is 3.18. The number of rotatable bonds is 5. The summed E-state index contributed by atoms with van der Waals surface area (Å²) in [6.07, 6.45) is 0.612. The maximum absolute atomic E-state index is 13.4. The van der Waals surface area contributed by atoms with Crippen LogP contribution in [0.2, 0.25) is 0 Å². The molecule has 0 heterocycles. The minimum atomic E-state index is -1.07. The number of carbonyl (C=O) groups excluding carboxylic acids is 1. The van der Waals surface area contributed by atoms with Crippen LogP contribution >= 0.6 is 0 Å². The quantitative estimate of drug-likeness (QED) is 0.824. The third-order valence-corrected chi connectivity index (χ3v) is 2.76. The predicted molar refractivity (Wildman–Crippen MR) is 59.7 cm³/mol. The molecule has 6 heteroatoms. The van der Waals surface area contributed by atoms with Crippen molar-refractivity contribution in [2.75, 3.05) is 0 Å². The van der Waals surface area contributed by atoms with Crippen molar-refractivity contribution >= 4 is 11.9 Å². The lowest BCUT2D eigenvalue weighted by atomic mass is 10.2. The smallest absolute Gasteiger partial charge is 0.345 e. The maximum atomic E-state index is 13.4. The second-order valence-corrected chi connectivity index (χ2v) is 4.22. The van der Waals surface area contributed by atoms with Gasteiger partial charge in [-0.05, 0) is 25.0 Å². The molecular weight excluding hydrogens is 241 g/mol. The molecule has 1 aliphatic carbocycles. The van der Waals surface area contributed by atoms with Crippen molar-refractivity contribution in [1.29, 1.82) is 0 Å². The number of nitrogens with two attached hydrogens (primary N) is 1. The normalized spacial score (nSPS) is 16.1. The molecule has 1 aromatic carbocycles. The number of primary amides is 1. The predicted octanol–water partition coefficient (Wildman–Crippen LogP) is 1.17. The topological polar surface area (TPSA) is 89.6 Å². The van der Waals surface area contributed by atoms with Crippen LogP contribution in [-0.4, -0.2) is 23.1 Å². The van der Waals surface area contributed by atoms with Crippen LogP contribution < -0.4 is 10.5 Å². The van der Waals surface area contributed by atoms with Gasteiger partial charge < -0.3 is 15.6 Å². The first-order valence-electron chi connectivity index (χ1n) is 5.48. The molecule has 18 heavy (non-hydrogen) atoms. The van der Waals surface area contributed by atoms with Gasteiger partial charge in [0.05, 0.1) is 5.56 Å². The number of halogens is 1. The summed E-state index contributed by atoms with van der Waals surface area (Å²) in [6.45, 7) is 0. The zero-order valence-corrected chi connectivity index (χ0v) is 9.43. The number of carbonyl (C=O) groups is 2. The van der Waals surface area contributed by atoms with Gasteiger partial charge in [0, 0.05) is 12.0 Å². The van der Waals surface area contributed by atoms with Gasteiger partial charge >= 0.3 is 5.97 Å². The van der Waals surface area contributed by atoms with Gasteiger partial charge in [0.1, 0.15) is 11.6 Å². The Morgan fingerprint density at radius 1 is 1.44 bits per heavy atom. The molecule has 0 spiro atoms. The van der Waals surface area contributed by atoms with Crippen LogP contribution in [0.25, 0.3) is 0 Å². The summed E-state index contributed by atoms with van der Waals surface area (Å²) in [5.41, 5.74) is 4.71. The molecular formula is C12H12FNO4. The Bertz CT molecular complexity index is 499. The fourth-order valence-corrected chi connectivity index (χ4v) is 1.66. The molecule has 0 aromatic heterocycles. The molecule has 0 saturated heterocycles. The van der Waals surface area contributed by atoms with E-state index in [1.54, 1.807) is 0 Å². The Hall–Kier alpha value is -2.11. The largest absolute Gasteiger partial charge is 0.478 e. The van der Waals surface area contributed by atoms with Gasteiger partial charge in [0.25, 0.3) is 5.91 Å². The van der Waals surface area contributed by atoms with Crippen LogP contribution in [0.4, 0.5) is 4.39 Å². The molecule has 96 valence electrons. The summed E-state index contributed by atoms with van der Waals surface area (Å²) in [4.78, 5) is 21.8. The van der Waals surface area contributed by atoms with Gasteiger partial charge in [0.2, 0.25) is 0 Å². The van der Waals surface area contributed by atoms with E-state index in [0.717, 1.165) is 18.9 Å². The Labute approximate surface area is 102 Å². The Morgan fingerprint density at radius 3 is 2.56 bits per heavy atom. The van der Waals surface area contributed by atoms with E-state index >= 15 is 0 Å². The van der Waals surface area contributed by atoms with E-state index in [4.69, 9.17) is 15.6 Å². The molecule has 1 aliphatic rings. The molecule has 0 bridgehead atoms. The highest BCUT2D eigenvalue weighted by Gasteiger charge is 2.38. The molecule has 0 radical (unpaired) electrons. The second-order valence-electron chi connectivity index (χ2n) is 4.22. The molecule has 1 amide bonds. The van der Waals surface area contributed by atoms with E-state index in [-0.39, 0.29) is 17.2 Å². The van der Waals surface area contributed by atoms with Crippen molar-refractivity contribution in [2.24, 2.45) is 11.7 Å². The highest BCUT2D eigenvalue weighted by molar-refractivity contribution is 5.93. The molecule has 2 rings (SSSR count). The van der Waals surface area contributed by atoms with Crippen molar-refractivity contribution in [2.45, 2.75) is 18.9 Å². The highest BCUT2D eigenvalue weighted by atomic mass is 19.1. The molecule has 1 aromatic rings. The molecule has 0 aliphatic heterocycles. The van der Waals surface area contributed by atoms with Crippen LogP contribution in [0.3, 0.4) is 0 Å².